The van der Waals surface area contributed by atoms with Crippen LogP contribution in [0, 0.1) is 13.8 Å². The maximum Gasteiger partial charge on any atom is 0.224 e. The molecule has 0 spiro atoms. The van der Waals surface area contributed by atoms with Crippen LogP contribution in [0.5, 0.6) is 0 Å². The van der Waals surface area contributed by atoms with E-state index in [-0.39, 0.29) is 12.0 Å². The summed E-state index contributed by atoms with van der Waals surface area (Å²) in [5.74, 6) is 0.854. The number of aryl methyl sites for hydroxylation is 3. The van der Waals surface area contributed by atoms with Crippen LogP contribution in [0.2, 0.25) is 0 Å². The molecule has 1 aliphatic rings. The molecule has 28 heavy (non-hydrogen) atoms. The van der Waals surface area contributed by atoms with Crippen molar-refractivity contribution in [1.82, 2.24) is 24.6 Å². The Hall–Kier alpha value is -3.00. The first kappa shape index (κ1) is 18.4. The first-order valence-corrected chi connectivity index (χ1v) is 9.37. The summed E-state index contributed by atoms with van der Waals surface area (Å²) in [5, 5.41) is 4.01. The number of carbonyl (C=O) groups excluding carboxylic acids is 1. The molecule has 0 aliphatic carbocycles. The molecular weight excluding hydrogens is 358 g/mol. The van der Waals surface area contributed by atoms with Gasteiger partial charge < -0.3 is 18.7 Å². The van der Waals surface area contributed by atoms with E-state index in [0.717, 1.165) is 28.4 Å². The Balaban J connectivity index is 1.46. The number of amides is 1. The Morgan fingerprint density at radius 3 is 2.96 bits per heavy atom. The number of carbonyl (C=O) groups is 1. The van der Waals surface area contributed by atoms with E-state index in [9.17, 15) is 4.79 Å². The molecule has 0 bridgehead atoms. The van der Waals surface area contributed by atoms with Gasteiger partial charge >= 0.3 is 0 Å². The van der Waals surface area contributed by atoms with Crippen molar-refractivity contribution in [2.24, 2.45) is 0 Å². The fraction of sp³-hybridized carbons (Fsp3) is 0.400. The van der Waals surface area contributed by atoms with Crippen LogP contribution in [0.25, 0.3) is 11.3 Å². The van der Waals surface area contributed by atoms with Gasteiger partial charge in [0.25, 0.3) is 0 Å². The Kier molecular flexibility index (Phi) is 5.21. The first-order chi connectivity index (χ1) is 13.6. The van der Waals surface area contributed by atoms with Crippen LogP contribution in [-0.2, 0) is 16.1 Å². The van der Waals surface area contributed by atoms with Gasteiger partial charge in [-0.2, -0.15) is 0 Å². The van der Waals surface area contributed by atoms with Crippen LogP contribution in [0.1, 0.15) is 29.7 Å². The number of ether oxygens (including phenoxy) is 1. The van der Waals surface area contributed by atoms with Gasteiger partial charge in [0.2, 0.25) is 5.91 Å². The Bertz CT molecular complexity index is 931. The van der Waals surface area contributed by atoms with E-state index in [1.165, 1.54) is 0 Å². The third kappa shape index (κ3) is 3.82. The molecule has 1 fully saturated rings. The van der Waals surface area contributed by atoms with Crippen LogP contribution in [-0.4, -0.2) is 50.2 Å². The number of aromatic nitrogens is 4. The van der Waals surface area contributed by atoms with E-state index in [1.807, 2.05) is 47.7 Å². The van der Waals surface area contributed by atoms with Gasteiger partial charge in [0, 0.05) is 31.9 Å². The average Bonchev–Trinajstić information content (AvgIpc) is 3.36. The van der Waals surface area contributed by atoms with Crippen molar-refractivity contribution in [2.45, 2.75) is 32.9 Å². The van der Waals surface area contributed by atoms with Crippen LogP contribution in [0.15, 0.2) is 41.4 Å². The van der Waals surface area contributed by atoms with Gasteiger partial charge in [-0.25, -0.2) is 9.97 Å². The minimum atomic E-state index is -0.244. The standard InChI is InChI=1S/C20H23N5O3/c1-14-20(15(2)28-23-14)17-5-3-4-16(22-17)18-12-25(10-11-27-18)19(26)6-8-24-9-7-21-13-24/h3-5,7,9,13,18H,6,8,10-12H2,1-2H3/t18-/m1/s1. The number of pyridine rings is 1. The molecule has 8 nitrogen and oxygen atoms in total. The van der Waals surface area contributed by atoms with Crippen LogP contribution >= 0.6 is 0 Å². The van der Waals surface area contributed by atoms with E-state index in [0.29, 0.717) is 32.7 Å². The second kappa shape index (κ2) is 7.93. The van der Waals surface area contributed by atoms with Gasteiger partial charge in [0.05, 0.1) is 42.1 Å². The second-order valence-corrected chi connectivity index (χ2v) is 6.90. The summed E-state index contributed by atoms with van der Waals surface area (Å²) in [6.07, 6.45) is 5.49. The molecule has 4 rings (SSSR count). The summed E-state index contributed by atoms with van der Waals surface area (Å²) in [7, 11) is 0. The molecule has 3 aromatic heterocycles. The van der Waals surface area contributed by atoms with Gasteiger partial charge in [0.15, 0.2) is 0 Å². The zero-order chi connectivity index (χ0) is 19.5. The zero-order valence-corrected chi connectivity index (χ0v) is 16.0. The lowest BCUT2D eigenvalue weighted by Crippen LogP contribution is -2.42. The molecule has 0 N–H and O–H groups in total. The predicted molar refractivity (Wildman–Crippen MR) is 101 cm³/mol. The number of rotatable bonds is 5. The summed E-state index contributed by atoms with van der Waals surface area (Å²) in [5.41, 5.74) is 3.33. The topological polar surface area (TPSA) is 86.3 Å². The molecule has 1 saturated heterocycles. The Morgan fingerprint density at radius 1 is 1.32 bits per heavy atom. The first-order valence-electron chi connectivity index (χ1n) is 9.37. The summed E-state index contributed by atoms with van der Waals surface area (Å²) in [6, 6.07) is 5.82. The van der Waals surface area contributed by atoms with Gasteiger partial charge in [0.1, 0.15) is 11.9 Å². The summed E-state index contributed by atoms with van der Waals surface area (Å²) in [4.78, 5) is 23.2. The number of imidazole rings is 1. The molecule has 4 heterocycles. The Labute approximate surface area is 163 Å². The second-order valence-electron chi connectivity index (χ2n) is 6.90. The predicted octanol–water partition coefficient (Wildman–Crippen LogP) is 2.54. The third-order valence-corrected chi connectivity index (χ3v) is 4.95. The summed E-state index contributed by atoms with van der Waals surface area (Å²) < 4.78 is 13.1. The molecule has 3 aromatic rings. The molecule has 146 valence electrons. The normalized spacial score (nSPS) is 17.1. The van der Waals surface area contributed by atoms with Crippen LogP contribution < -0.4 is 0 Å². The highest BCUT2D eigenvalue weighted by Gasteiger charge is 2.26. The van der Waals surface area contributed by atoms with Crippen molar-refractivity contribution in [3.8, 4) is 11.3 Å². The van der Waals surface area contributed by atoms with E-state index in [2.05, 4.69) is 10.1 Å². The van der Waals surface area contributed by atoms with Gasteiger partial charge in [-0.15, -0.1) is 0 Å². The Morgan fingerprint density at radius 2 is 2.21 bits per heavy atom. The molecule has 1 aliphatic heterocycles. The van der Waals surface area contributed by atoms with Crippen LogP contribution in [0.4, 0.5) is 0 Å². The molecular formula is C20H23N5O3. The lowest BCUT2D eigenvalue weighted by Gasteiger charge is -2.33. The van der Waals surface area contributed by atoms with Gasteiger partial charge in [-0.1, -0.05) is 11.2 Å². The maximum absolute atomic E-state index is 12.6. The number of morpholine rings is 1. The van der Waals surface area contributed by atoms with E-state index >= 15 is 0 Å². The number of hydrogen-bond acceptors (Lipinski definition) is 6. The quantitative estimate of drug-likeness (QED) is 0.675. The fourth-order valence-electron chi connectivity index (χ4n) is 3.48. The summed E-state index contributed by atoms with van der Waals surface area (Å²) in [6.45, 7) is 6.00. The molecule has 0 saturated carbocycles. The molecule has 1 amide bonds. The zero-order valence-electron chi connectivity index (χ0n) is 16.0. The molecule has 0 radical (unpaired) electrons. The molecule has 0 aromatic carbocycles. The lowest BCUT2D eigenvalue weighted by molar-refractivity contribution is -0.139. The van der Waals surface area contributed by atoms with Crippen molar-refractivity contribution >= 4 is 5.91 Å². The molecule has 1 atom stereocenters. The van der Waals surface area contributed by atoms with Crippen molar-refractivity contribution < 1.29 is 14.1 Å². The minimum absolute atomic E-state index is 0.115. The number of hydrogen-bond donors (Lipinski definition) is 0. The van der Waals surface area contributed by atoms with E-state index in [1.54, 1.807) is 12.5 Å². The fourth-order valence-corrected chi connectivity index (χ4v) is 3.48. The molecule has 0 unspecified atom stereocenters. The molecule has 8 heteroatoms. The lowest BCUT2D eigenvalue weighted by atomic mass is 10.1. The number of nitrogens with zero attached hydrogens (tertiary/aromatic N) is 5. The highest BCUT2D eigenvalue weighted by atomic mass is 16.5. The van der Waals surface area contributed by atoms with Gasteiger partial charge in [-0.05, 0) is 26.0 Å². The van der Waals surface area contributed by atoms with Crippen LogP contribution in [0.3, 0.4) is 0 Å². The van der Waals surface area contributed by atoms with Crippen molar-refractivity contribution in [1.29, 1.82) is 0 Å². The minimum Gasteiger partial charge on any atom is -0.368 e. The van der Waals surface area contributed by atoms with E-state index in [4.69, 9.17) is 14.2 Å². The third-order valence-electron chi connectivity index (χ3n) is 4.95. The highest BCUT2D eigenvalue weighted by Crippen LogP contribution is 2.28. The average molecular weight is 381 g/mol. The largest absolute Gasteiger partial charge is 0.368 e. The van der Waals surface area contributed by atoms with Gasteiger partial charge in [-0.3, -0.25) is 4.79 Å². The van der Waals surface area contributed by atoms with Crippen molar-refractivity contribution in [2.75, 3.05) is 19.7 Å². The SMILES string of the molecule is Cc1noc(C)c1-c1cccc([C@H]2CN(C(=O)CCn3ccnc3)CCO2)n1. The van der Waals surface area contributed by atoms with Crippen molar-refractivity contribution in [3.63, 3.8) is 0 Å². The summed E-state index contributed by atoms with van der Waals surface area (Å²) >= 11 is 0. The maximum atomic E-state index is 12.6. The monoisotopic (exact) mass is 381 g/mol. The smallest absolute Gasteiger partial charge is 0.224 e. The highest BCUT2D eigenvalue weighted by molar-refractivity contribution is 5.76. The van der Waals surface area contributed by atoms with E-state index < -0.39 is 0 Å². The van der Waals surface area contributed by atoms with Crippen molar-refractivity contribution in [3.05, 3.63) is 54.1 Å².